The van der Waals surface area contributed by atoms with Gasteiger partial charge in [0.05, 0.1) is 20.8 Å². The fraction of sp³-hybridized carbons (Fsp3) is 0.296. The van der Waals surface area contributed by atoms with E-state index in [1.165, 1.54) is 10.7 Å². The van der Waals surface area contributed by atoms with E-state index in [0.717, 1.165) is 35.8 Å². The summed E-state index contributed by atoms with van der Waals surface area (Å²) in [4.78, 5) is 24.5. The molecule has 1 N–H and O–H groups in total. The van der Waals surface area contributed by atoms with E-state index >= 15 is 0 Å². The summed E-state index contributed by atoms with van der Waals surface area (Å²) in [5.41, 5.74) is 2.29. The van der Waals surface area contributed by atoms with Gasteiger partial charge < -0.3 is 19.3 Å². The second-order valence-electron chi connectivity index (χ2n) is 7.96. The van der Waals surface area contributed by atoms with Crippen molar-refractivity contribution in [3.05, 3.63) is 87.7 Å². The molecule has 0 saturated carbocycles. The van der Waals surface area contributed by atoms with Crippen molar-refractivity contribution >= 4 is 11.5 Å². The molecule has 8 nitrogen and oxygen atoms in total. The molecule has 3 aromatic rings. The molecule has 2 aromatic carbocycles. The number of nitrogens with zero attached hydrogens (tertiary/aromatic N) is 2. The number of carboxylic acid groups (broad SMARTS) is 1. The zero-order valence-electron chi connectivity index (χ0n) is 20.2. The molecule has 0 atom stereocenters. The highest BCUT2D eigenvalue weighted by atomic mass is 16.5. The minimum Gasteiger partial charge on any atom is -0.497 e. The number of unbranched alkanes of at least 4 members (excludes halogenated alkanes) is 1. The Morgan fingerprint density at radius 3 is 2.14 bits per heavy atom. The van der Waals surface area contributed by atoms with E-state index in [2.05, 4.69) is 5.10 Å². The Labute approximate surface area is 204 Å². The lowest BCUT2D eigenvalue weighted by Gasteiger charge is -2.15. The molecule has 0 radical (unpaired) electrons. The number of aliphatic carboxylic acids is 1. The van der Waals surface area contributed by atoms with Crippen LogP contribution in [0.25, 0.3) is 5.57 Å². The standard InChI is InChI=1S/C27H30N2O6/c1-4-5-6-21(15-26(31)32)24-16-25(30)29(17-19-7-11-22(33-2)12-8-19)28-27(24)35-18-20-9-13-23(34-3)14-10-20/h7-16H,4-6,17-18H2,1-3H3,(H,31,32)/b21-15+. The number of ether oxygens (including phenoxy) is 3. The van der Waals surface area contributed by atoms with E-state index in [1.807, 2.05) is 55.5 Å². The van der Waals surface area contributed by atoms with Crippen LogP contribution in [0.4, 0.5) is 0 Å². The topological polar surface area (TPSA) is 99.9 Å². The Morgan fingerprint density at radius 2 is 1.60 bits per heavy atom. The first-order valence-corrected chi connectivity index (χ1v) is 11.4. The van der Waals surface area contributed by atoms with Crippen molar-refractivity contribution in [2.24, 2.45) is 0 Å². The van der Waals surface area contributed by atoms with Crippen molar-refractivity contribution in [2.75, 3.05) is 14.2 Å². The number of carbonyl (C=O) groups is 1. The monoisotopic (exact) mass is 478 g/mol. The van der Waals surface area contributed by atoms with Gasteiger partial charge in [-0.1, -0.05) is 37.6 Å². The summed E-state index contributed by atoms with van der Waals surface area (Å²) in [6, 6.07) is 16.1. The van der Waals surface area contributed by atoms with E-state index < -0.39 is 5.97 Å². The van der Waals surface area contributed by atoms with Crippen molar-refractivity contribution in [1.82, 2.24) is 9.78 Å². The highest BCUT2D eigenvalue weighted by Gasteiger charge is 2.16. The van der Waals surface area contributed by atoms with E-state index in [0.29, 0.717) is 23.3 Å². The number of hydrogen-bond acceptors (Lipinski definition) is 6. The highest BCUT2D eigenvalue weighted by molar-refractivity contribution is 5.90. The molecule has 3 rings (SSSR count). The number of aromatic nitrogens is 2. The van der Waals surface area contributed by atoms with Gasteiger partial charge in [0.1, 0.15) is 18.1 Å². The summed E-state index contributed by atoms with van der Waals surface area (Å²) in [7, 11) is 3.19. The smallest absolute Gasteiger partial charge is 0.328 e. The molecule has 0 bridgehead atoms. The Hall–Kier alpha value is -4.07. The van der Waals surface area contributed by atoms with Crippen LogP contribution in [0.15, 0.2) is 65.5 Å². The average Bonchev–Trinajstić information content (AvgIpc) is 2.87. The molecule has 0 fully saturated rings. The minimum absolute atomic E-state index is 0.193. The first kappa shape index (κ1) is 25.6. The van der Waals surface area contributed by atoms with Crippen molar-refractivity contribution in [2.45, 2.75) is 39.3 Å². The lowest BCUT2D eigenvalue weighted by Crippen LogP contribution is -2.24. The molecule has 1 heterocycles. The van der Waals surface area contributed by atoms with Crippen LogP contribution in [0.1, 0.15) is 42.9 Å². The van der Waals surface area contributed by atoms with E-state index in [9.17, 15) is 14.7 Å². The number of allylic oxidation sites excluding steroid dienone is 1. The first-order chi connectivity index (χ1) is 16.9. The summed E-state index contributed by atoms with van der Waals surface area (Å²) in [5, 5.41) is 13.9. The molecule has 1 aromatic heterocycles. The maximum atomic E-state index is 13.0. The number of methoxy groups -OCH3 is 2. The third kappa shape index (κ3) is 7.20. The Morgan fingerprint density at radius 1 is 1.00 bits per heavy atom. The lowest BCUT2D eigenvalue weighted by molar-refractivity contribution is -0.131. The van der Waals surface area contributed by atoms with E-state index in [-0.39, 0.29) is 24.6 Å². The van der Waals surface area contributed by atoms with Crippen molar-refractivity contribution in [3.63, 3.8) is 0 Å². The number of carboxylic acids is 1. The summed E-state index contributed by atoms with van der Waals surface area (Å²) < 4.78 is 17.7. The van der Waals surface area contributed by atoms with Gasteiger partial charge in [-0.25, -0.2) is 9.48 Å². The molecule has 0 spiro atoms. The van der Waals surface area contributed by atoms with Gasteiger partial charge >= 0.3 is 5.97 Å². The largest absolute Gasteiger partial charge is 0.497 e. The number of hydrogen-bond donors (Lipinski definition) is 1. The summed E-state index contributed by atoms with van der Waals surface area (Å²) in [5.74, 6) is 0.566. The Balaban J connectivity index is 1.98. The SMILES string of the molecule is CCCC/C(=C\C(=O)O)c1cc(=O)n(Cc2ccc(OC)cc2)nc1OCc1ccc(OC)cc1. The fourth-order valence-electron chi connectivity index (χ4n) is 3.50. The van der Waals surface area contributed by atoms with Gasteiger partial charge in [-0.15, -0.1) is 5.10 Å². The zero-order chi connectivity index (χ0) is 25.2. The number of benzene rings is 2. The molecular formula is C27H30N2O6. The lowest BCUT2D eigenvalue weighted by atomic mass is 10.0. The fourth-order valence-corrected chi connectivity index (χ4v) is 3.50. The Bertz CT molecular complexity index is 1210. The molecule has 0 saturated heterocycles. The second kappa shape index (κ2) is 12.4. The second-order valence-corrected chi connectivity index (χ2v) is 7.96. The van der Waals surface area contributed by atoms with Crippen LogP contribution in [0.5, 0.6) is 17.4 Å². The number of rotatable bonds is 12. The van der Waals surface area contributed by atoms with Crippen molar-refractivity contribution in [3.8, 4) is 17.4 Å². The third-order valence-corrected chi connectivity index (χ3v) is 5.43. The van der Waals surface area contributed by atoms with Gasteiger partial charge in [0, 0.05) is 17.7 Å². The van der Waals surface area contributed by atoms with Gasteiger partial charge in [0.15, 0.2) is 0 Å². The maximum Gasteiger partial charge on any atom is 0.328 e. The van der Waals surface area contributed by atoms with Gasteiger partial charge in [-0.05, 0) is 53.8 Å². The van der Waals surface area contributed by atoms with Gasteiger partial charge in [-0.2, -0.15) is 0 Å². The van der Waals surface area contributed by atoms with Gasteiger partial charge in [-0.3, -0.25) is 4.79 Å². The molecule has 0 aliphatic heterocycles. The summed E-state index contributed by atoms with van der Waals surface area (Å²) >= 11 is 0. The third-order valence-electron chi connectivity index (χ3n) is 5.43. The van der Waals surface area contributed by atoms with Crippen LogP contribution < -0.4 is 19.8 Å². The summed E-state index contributed by atoms with van der Waals surface area (Å²) in [6.45, 7) is 2.44. The molecule has 8 heteroatoms. The van der Waals surface area contributed by atoms with Crippen molar-refractivity contribution < 1.29 is 24.1 Å². The molecule has 35 heavy (non-hydrogen) atoms. The average molecular weight is 479 g/mol. The van der Waals surface area contributed by atoms with Crippen LogP contribution in [-0.4, -0.2) is 35.1 Å². The molecule has 0 aliphatic rings. The van der Waals surface area contributed by atoms with E-state index in [1.54, 1.807) is 14.2 Å². The van der Waals surface area contributed by atoms with Crippen LogP contribution in [-0.2, 0) is 17.9 Å². The highest BCUT2D eigenvalue weighted by Crippen LogP contribution is 2.28. The molecule has 184 valence electrons. The van der Waals surface area contributed by atoms with Crippen molar-refractivity contribution in [1.29, 1.82) is 0 Å². The van der Waals surface area contributed by atoms with Crippen LogP contribution >= 0.6 is 0 Å². The summed E-state index contributed by atoms with van der Waals surface area (Å²) in [6.07, 6.45) is 3.26. The predicted octanol–water partition coefficient (Wildman–Crippen LogP) is 4.55. The maximum absolute atomic E-state index is 13.0. The first-order valence-electron chi connectivity index (χ1n) is 11.4. The van der Waals surface area contributed by atoms with E-state index in [4.69, 9.17) is 14.2 Å². The molecule has 0 aliphatic carbocycles. The molecular weight excluding hydrogens is 448 g/mol. The van der Waals surface area contributed by atoms with Gasteiger partial charge in [0.25, 0.3) is 5.56 Å². The zero-order valence-corrected chi connectivity index (χ0v) is 20.2. The predicted molar refractivity (Wildman–Crippen MR) is 133 cm³/mol. The Kier molecular flexibility index (Phi) is 9.06. The minimum atomic E-state index is -1.08. The molecule has 0 unspecified atom stereocenters. The van der Waals surface area contributed by atoms with Crippen LogP contribution in [0, 0.1) is 0 Å². The van der Waals surface area contributed by atoms with Gasteiger partial charge in [0.2, 0.25) is 5.88 Å². The molecule has 0 amide bonds. The van der Waals surface area contributed by atoms with Crippen LogP contribution in [0.3, 0.4) is 0 Å². The quantitative estimate of drug-likeness (QED) is 0.381. The normalized spacial score (nSPS) is 11.2. The van der Waals surface area contributed by atoms with Crippen LogP contribution in [0.2, 0.25) is 0 Å².